The van der Waals surface area contributed by atoms with Crippen LogP contribution in [0.2, 0.25) is 5.02 Å². The van der Waals surface area contributed by atoms with Crippen LogP contribution in [0.4, 0.5) is 0 Å². The van der Waals surface area contributed by atoms with Crippen LogP contribution in [0.25, 0.3) is 11.3 Å². The average molecular weight is 380 g/mol. The number of nitrogens with one attached hydrogen (secondary N) is 1. The summed E-state index contributed by atoms with van der Waals surface area (Å²) in [5.74, 6) is -0.0932. The Morgan fingerprint density at radius 1 is 1.44 bits per heavy atom. The number of amides is 1. The Labute approximate surface area is 156 Å². The Hall–Kier alpha value is -1.47. The van der Waals surface area contributed by atoms with E-state index in [-0.39, 0.29) is 18.1 Å². The molecule has 1 unspecified atom stereocenters. The van der Waals surface area contributed by atoms with Crippen molar-refractivity contribution in [1.82, 2.24) is 10.3 Å². The first kappa shape index (κ1) is 18.3. The van der Waals surface area contributed by atoms with Gasteiger partial charge in [0.25, 0.3) is 0 Å². The number of rotatable bonds is 5. The molecule has 1 aliphatic rings. The van der Waals surface area contributed by atoms with E-state index in [1.54, 1.807) is 11.3 Å². The lowest BCUT2D eigenvalue weighted by Gasteiger charge is -2.16. The SMILES string of the molecule is Cc1sc(C(C)NC(=O)[C@@H]2CC[C@H](CN)O2)nc1-c1ccc(Cl)cc1. The number of aromatic nitrogens is 1. The summed E-state index contributed by atoms with van der Waals surface area (Å²) >= 11 is 7.54. The van der Waals surface area contributed by atoms with Gasteiger partial charge in [0.05, 0.1) is 17.8 Å². The molecule has 0 spiro atoms. The number of halogens is 1. The minimum Gasteiger partial charge on any atom is -0.364 e. The fraction of sp³-hybridized carbons (Fsp3) is 0.444. The van der Waals surface area contributed by atoms with Gasteiger partial charge in [-0.1, -0.05) is 23.7 Å². The molecule has 1 aromatic carbocycles. The zero-order chi connectivity index (χ0) is 18.0. The molecule has 25 heavy (non-hydrogen) atoms. The second kappa shape index (κ2) is 7.83. The number of hydrogen-bond donors (Lipinski definition) is 2. The van der Waals surface area contributed by atoms with Crippen LogP contribution >= 0.6 is 22.9 Å². The number of carbonyl (C=O) groups excluding carboxylic acids is 1. The first-order valence-corrected chi connectivity index (χ1v) is 9.56. The van der Waals surface area contributed by atoms with Gasteiger partial charge >= 0.3 is 0 Å². The van der Waals surface area contributed by atoms with Gasteiger partial charge in [-0.15, -0.1) is 11.3 Å². The van der Waals surface area contributed by atoms with Crippen molar-refractivity contribution in [3.8, 4) is 11.3 Å². The summed E-state index contributed by atoms with van der Waals surface area (Å²) in [6.45, 7) is 4.43. The topological polar surface area (TPSA) is 77.2 Å². The number of aryl methyl sites for hydroxylation is 1. The minimum absolute atomic E-state index is 0.00956. The molecule has 0 radical (unpaired) electrons. The van der Waals surface area contributed by atoms with Gasteiger partial charge < -0.3 is 15.8 Å². The maximum atomic E-state index is 12.4. The summed E-state index contributed by atoms with van der Waals surface area (Å²) in [4.78, 5) is 18.2. The molecule has 0 aliphatic carbocycles. The van der Waals surface area contributed by atoms with E-state index in [0.717, 1.165) is 27.6 Å². The second-order valence-corrected chi connectivity index (χ2v) is 7.93. The Morgan fingerprint density at radius 2 is 2.16 bits per heavy atom. The van der Waals surface area contributed by atoms with Gasteiger partial charge in [-0.3, -0.25) is 4.79 Å². The van der Waals surface area contributed by atoms with Crippen molar-refractivity contribution < 1.29 is 9.53 Å². The van der Waals surface area contributed by atoms with Gasteiger partial charge in [-0.25, -0.2) is 4.98 Å². The molecule has 1 saturated heterocycles. The highest BCUT2D eigenvalue weighted by molar-refractivity contribution is 7.12. The molecule has 7 heteroatoms. The van der Waals surface area contributed by atoms with Crippen LogP contribution in [0.15, 0.2) is 24.3 Å². The van der Waals surface area contributed by atoms with Crippen LogP contribution in [0, 0.1) is 6.92 Å². The molecule has 1 aliphatic heterocycles. The zero-order valence-electron chi connectivity index (χ0n) is 14.3. The Morgan fingerprint density at radius 3 is 2.80 bits per heavy atom. The molecule has 3 rings (SSSR count). The molecule has 3 atom stereocenters. The van der Waals surface area contributed by atoms with Crippen LogP contribution < -0.4 is 11.1 Å². The lowest BCUT2D eigenvalue weighted by Crippen LogP contribution is -2.36. The molecular formula is C18H22ClN3O2S. The molecule has 5 nitrogen and oxygen atoms in total. The van der Waals surface area contributed by atoms with Crippen molar-refractivity contribution in [3.05, 3.63) is 39.2 Å². The van der Waals surface area contributed by atoms with E-state index in [0.29, 0.717) is 18.0 Å². The molecule has 1 fully saturated rings. The van der Waals surface area contributed by atoms with Crippen molar-refractivity contribution in [3.63, 3.8) is 0 Å². The van der Waals surface area contributed by atoms with Crippen molar-refractivity contribution in [1.29, 1.82) is 0 Å². The summed E-state index contributed by atoms with van der Waals surface area (Å²) < 4.78 is 5.65. The predicted molar refractivity (Wildman–Crippen MR) is 101 cm³/mol. The molecule has 2 aromatic rings. The third-order valence-electron chi connectivity index (χ3n) is 4.32. The van der Waals surface area contributed by atoms with Gasteiger partial charge in [-0.2, -0.15) is 0 Å². The van der Waals surface area contributed by atoms with Gasteiger partial charge in [0, 0.05) is 22.0 Å². The van der Waals surface area contributed by atoms with Gasteiger partial charge in [0.1, 0.15) is 11.1 Å². The monoisotopic (exact) mass is 379 g/mol. The number of nitrogens with zero attached hydrogens (tertiary/aromatic N) is 1. The van der Waals surface area contributed by atoms with E-state index < -0.39 is 6.10 Å². The van der Waals surface area contributed by atoms with Crippen molar-refractivity contribution >= 4 is 28.8 Å². The largest absolute Gasteiger partial charge is 0.364 e. The summed E-state index contributed by atoms with van der Waals surface area (Å²) in [6, 6.07) is 7.45. The summed E-state index contributed by atoms with van der Waals surface area (Å²) in [6.07, 6.45) is 1.13. The molecule has 0 bridgehead atoms. The summed E-state index contributed by atoms with van der Waals surface area (Å²) in [5, 5.41) is 4.58. The Balaban J connectivity index is 1.68. The van der Waals surface area contributed by atoms with E-state index >= 15 is 0 Å². The molecule has 0 saturated carbocycles. The number of nitrogens with two attached hydrogens (primary N) is 1. The molecule has 1 amide bonds. The third kappa shape index (κ3) is 4.20. The van der Waals surface area contributed by atoms with Gasteiger partial charge in [0.2, 0.25) is 5.91 Å². The molecular weight excluding hydrogens is 358 g/mol. The van der Waals surface area contributed by atoms with E-state index in [2.05, 4.69) is 5.32 Å². The number of hydrogen-bond acceptors (Lipinski definition) is 5. The lowest BCUT2D eigenvalue weighted by molar-refractivity contribution is -0.132. The quantitative estimate of drug-likeness (QED) is 0.834. The normalized spacial score (nSPS) is 21.3. The average Bonchev–Trinajstić information content (AvgIpc) is 3.22. The Bertz CT molecular complexity index is 747. The van der Waals surface area contributed by atoms with Gasteiger partial charge in [-0.05, 0) is 38.8 Å². The number of ether oxygens (including phenoxy) is 1. The Kier molecular flexibility index (Phi) is 5.74. The standard InChI is InChI=1S/C18H22ClN3O2S/c1-10(21-17(23)15-8-7-14(9-20)24-15)18-22-16(11(2)25-18)12-3-5-13(19)6-4-12/h3-6,10,14-15H,7-9,20H2,1-2H3,(H,21,23)/t10?,14-,15+/m1/s1. The van der Waals surface area contributed by atoms with Crippen LogP contribution in [0.3, 0.4) is 0 Å². The van der Waals surface area contributed by atoms with Crippen molar-refractivity contribution in [2.75, 3.05) is 6.54 Å². The first-order valence-electron chi connectivity index (χ1n) is 8.37. The maximum absolute atomic E-state index is 12.4. The second-order valence-electron chi connectivity index (χ2n) is 6.25. The van der Waals surface area contributed by atoms with Crippen LogP contribution in [-0.2, 0) is 9.53 Å². The van der Waals surface area contributed by atoms with Crippen LogP contribution in [-0.4, -0.2) is 29.6 Å². The van der Waals surface area contributed by atoms with Gasteiger partial charge in [0.15, 0.2) is 0 Å². The molecule has 134 valence electrons. The van der Waals surface area contributed by atoms with Crippen molar-refractivity contribution in [2.24, 2.45) is 5.73 Å². The van der Waals surface area contributed by atoms with Crippen molar-refractivity contribution in [2.45, 2.75) is 44.9 Å². The van der Waals surface area contributed by atoms with Crippen LogP contribution in [0.5, 0.6) is 0 Å². The van der Waals surface area contributed by atoms with E-state index in [1.165, 1.54) is 0 Å². The third-order valence-corrected chi connectivity index (χ3v) is 5.73. The highest BCUT2D eigenvalue weighted by Crippen LogP contribution is 2.31. The summed E-state index contributed by atoms with van der Waals surface area (Å²) in [5.41, 5.74) is 7.55. The molecule has 1 aromatic heterocycles. The predicted octanol–water partition coefficient (Wildman–Crippen LogP) is 3.46. The highest BCUT2D eigenvalue weighted by atomic mass is 35.5. The molecule has 2 heterocycles. The number of benzene rings is 1. The van der Waals surface area contributed by atoms with E-state index in [4.69, 9.17) is 27.1 Å². The minimum atomic E-state index is -0.409. The summed E-state index contributed by atoms with van der Waals surface area (Å²) in [7, 11) is 0. The lowest BCUT2D eigenvalue weighted by atomic mass is 10.1. The fourth-order valence-corrected chi connectivity index (χ4v) is 3.99. The zero-order valence-corrected chi connectivity index (χ0v) is 15.9. The number of thiazole rings is 1. The maximum Gasteiger partial charge on any atom is 0.249 e. The fourth-order valence-electron chi connectivity index (χ4n) is 2.92. The van der Waals surface area contributed by atoms with E-state index in [9.17, 15) is 4.79 Å². The number of carbonyl (C=O) groups is 1. The van der Waals surface area contributed by atoms with Crippen LogP contribution in [0.1, 0.15) is 35.7 Å². The molecule has 3 N–H and O–H groups in total. The van der Waals surface area contributed by atoms with E-state index in [1.807, 2.05) is 38.1 Å². The first-order chi connectivity index (χ1) is 12.0. The smallest absolute Gasteiger partial charge is 0.249 e. The highest BCUT2D eigenvalue weighted by Gasteiger charge is 2.31.